The highest BCUT2D eigenvalue weighted by Gasteiger charge is 2.50. The number of aliphatic hydroxyl groups excluding tert-OH is 1. The Balaban J connectivity index is 0.000000236. The molecule has 6 rings (SSSR count). The second kappa shape index (κ2) is 21.0. The minimum atomic E-state index is -4.50. The van der Waals surface area contributed by atoms with Gasteiger partial charge in [0.2, 0.25) is 6.49 Å². The predicted octanol–water partition coefficient (Wildman–Crippen LogP) is 12.7. The molecule has 2 spiro atoms. The lowest BCUT2D eigenvalue weighted by atomic mass is 9.80. The van der Waals surface area contributed by atoms with E-state index < -0.39 is 48.8 Å². The average Bonchev–Trinajstić information content (AvgIpc) is 3.55. The minimum absolute atomic E-state index is 0.110. The van der Waals surface area contributed by atoms with Gasteiger partial charge in [0.1, 0.15) is 23.7 Å². The zero-order valence-electron chi connectivity index (χ0n) is 37.1. The molecule has 19 heteroatoms. The lowest BCUT2D eigenvalue weighted by molar-refractivity contribution is -0.153. The lowest BCUT2D eigenvalue weighted by Gasteiger charge is -2.37. The molecule has 0 bridgehead atoms. The molecule has 2 saturated carbocycles. The Labute approximate surface area is 382 Å². The number of amides is 2. The van der Waals surface area contributed by atoms with Gasteiger partial charge < -0.3 is 29.3 Å². The van der Waals surface area contributed by atoms with Crippen molar-refractivity contribution in [1.82, 2.24) is 10.6 Å². The average molecular weight is 987 g/mol. The standard InChI is InChI=1S/C22H29F3NO3PS.C19H25NO2.C3H5ClF3OPS/c1-5-16-12-14(2)11-15(3)17(16)18-19(29-30(4,31)28-13-22(23,24)25)21(26-20(18)27)9-7-6-8-10-21;1-4-14-11-12(2)10-13(3)15(14)16-17(21)19(20-18(16)22)8-6-5-7-9-19;1-9(4,10)8-2-3(5,6)7/h11-12H,5-10,13H2,1-4H3,(H,26,27);10-11,21H,4-9H2,1-3H3,(H,20,22);2H2,1H3. The van der Waals surface area contributed by atoms with Crippen LogP contribution in [0.2, 0.25) is 0 Å². The van der Waals surface area contributed by atoms with Crippen LogP contribution in [0.1, 0.15) is 123 Å². The Kier molecular flexibility index (Phi) is 17.7. The summed E-state index contributed by atoms with van der Waals surface area (Å²) in [5.41, 5.74) is 5.12. The Morgan fingerprint density at radius 3 is 1.49 bits per heavy atom. The molecule has 0 aromatic heterocycles. The summed E-state index contributed by atoms with van der Waals surface area (Å²) < 4.78 is 87.7. The van der Waals surface area contributed by atoms with Crippen LogP contribution in [0.3, 0.4) is 0 Å². The monoisotopic (exact) mass is 986 g/mol. The number of carbonyl (C=O) groups excluding carboxylic acids is 2. The Morgan fingerprint density at radius 1 is 0.683 bits per heavy atom. The van der Waals surface area contributed by atoms with Gasteiger partial charge in [0.25, 0.3) is 11.8 Å². The van der Waals surface area contributed by atoms with Gasteiger partial charge in [-0.1, -0.05) is 111 Å². The molecule has 2 aromatic carbocycles. The van der Waals surface area contributed by atoms with Gasteiger partial charge >= 0.3 is 12.4 Å². The Bertz CT molecular complexity index is 2200. The molecule has 2 heterocycles. The Morgan fingerprint density at radius 2 is 1.08 bits per heavy atom. The minimum Gasteiger partial charge on any atom is -0.509 e. The van der Waals surface area contributed by atoms with Crippen LogP contribution in [0.25, 0.3) is 11.1 Å². The molecule has 3 N–H and O–H groups in total. The summed E-state index contributed by atoms with van der Waals surface area (Å²) in [6.45, 7) is 8.68. The first-order chi connectivity index (χ1) is 29.1. The Hall–Kier alpha value is -2.45. The fourth-order valence-electron chi connectivity index (χ4n) is 8.94. The number of hydrogen-bond donors (Lipinski definition) is 3. The number of rotatable bonds is 10. The van der Waals surface area contributed by atoms with Crippen molar-refractivity contribution in [3.05, 3.63) is 80.3 Å². The number of hydrogen-bond acceptors (Lipinski definition) is 8. The quantitative estimate of drug-likeness (QED) is 0.160. The third-order valence-electron chi connectivity index (χ3n) is 11.5. The van der Waals surface area contributed by atoms with Crippen molar-refractivity contribution in [2.24, 2.45) is 0 Å². The van der Waals surface area contributed by atoms with Crippen LogP contribution in [-0.4, -0.2) is 66.9 Å². The molecule has 2 atom stereocenters. The molecular formula is C44H59ClF6N2O6P2S2. The normalized spacial score (nSPS) is 20.3. The van der Waals surface area contributed by atoms with Gasteiger partial charge in [0, 0.05) is 13.3 Å². The van der Waals surface area contributed by atoms with Crippen LogP contribution in [0.15, 0.2) is 35.8 Å². The molecule has 63 heavy (non-hydrogen) atoms. The summed E-state index contributed by atoms with van der Waals surface area (Å²) in [5.74, 6) is 0.274. The van der Waals surface area contributed by atoms with Crippen molar-refractivity contribution in [2.75, 3.05) is 26.5 Å². The van der Waals surface area contributed by atoms with E-state index in [-0.39, 0.29) is 17.6 Å². The van der Waals surface area contributed by atoms with E-state index in [1.807, 2.05) is 39.8 Å². The molecule has 2 aliphatic heterocycles. The van der Waals surface area contributed by atoms with Crippen molar-refractivity contribution in [3.63, 3.8) is 0 Å². The fourth-order valence-corrected chi connectivity index (χ4v) is 11.0. The molecule has 2 amide bonds. The van der Waals surface area contributed by atoms with Crippen molar-refractivity contribution >= 4 is 69.9 Å². The van der Waals surface area contributed by atoms with E-state index in [1.54, 1.807) is 0 Å². The van der Waals surface area contributed by atoms with Crippen LogP contribution in [0, 0.1) is 27.7 Å². The van der Waals surface area contributed by atoms with Crippen LogP contribution in [0.4, 0.5) is 26.3 Å². The van der Waals surface area contributed by atoms with Gasteiger partial charge in [-0.05, 0) is 111 Å². The molecule has 2 fully saturated rings. The highest BCUT2D eigenvalue weighted by Crippen LogP contribution is 2.55. The van der Waals surface area contributed by atoms with Crippen molar-refractivity contribution in [3.8, 4) is 0 Å². The van der Waals surface area contributed by atoms with E-state index in [0.29, 0.717) is 36.2 Å². The third-order valence-corrected chi connectivity index (χ3v) is 14.3. The van der Waals surface area contributed by atoms with Crippen molar-refractivity contribution in [1.29, 1.82) is 0 Å². The van der Waals surface area contributed by atoms with E-state index >= 15 is 0 Å². The summed E-state index contributed by atoms with van der Waals surface area (Å²) in [6.07, 6.45) is 1.88. The zero-order valence-corrected chi connectivity index (χ0v) is 41.2. The number of carbonyl (C=O) groups is 2. The topological polar surface area (TPSA) is 106 Å². The third kappa shape index (κ3) is 14.0. The zero-order chi connectivity index (χ0) is 47.3. The van der Waals surface area contributed by atoms with Gasteiger partial charge in [-0.15, -0.1) is 0 Å². The van der Waals surface area contributed by atoms with Crippen LogP contribution in [-0.2, 0) is 59.6 Å². The second-order valence-corrected chi connectivity index (χ2v) is 27.3. The summed E-state index contributed by atoms with van der Waals surface area (Å²) in [7, 11) is 0. The van der Waals surface area contributed by atoms with Crippen LogP contribution in [0.5, 0.6) is 0 Å². The smallest absolute Gasteiger partial charge is 0.412 e. The van der Waals surface area contributed by atoms with E-state index in [4.69, 9.17) is 32.1 Å². The van der Waals surface area contributed by atoms with Crippen LogP contribution < -0.4 is 10.6 Å². The number of nitrogens with one attached hydrogen (secondary N) is 2. The first kappa shape index (κ1) is 53.2. The number of halogens is 7. The van der Waals surface area contributed by atoms with Crippen molar-refractivity contribution in [2.45, 2.75) is 142 Å². The van der Waals surface area contributed by atoms with E-state index in [9.17, 15) is 41.0 Å². The molecule has 4 aliphatic rings. The maximum atomic E-state index is 13.3. The van der Waals surface area contributed by atoms with Gasteiger partial charge in [-0.25, -0.2) is 0 Å². The highest BCUT2D eigenvalue weighted by atomic mass is 35.7. The lowest BCUT2D eigenvalue weighted by Crippen LogP contribution is -2.46. The first-order valence-corrected chi connectivity index (χ1v) is 28.2. The van der Waals surface area contributed by atoms with E-state index in [2.05, 4.69) is 52.9 Å². The number of alkyl halides is 6. The van der Waals surface area contributed by atoms with Gasteiger partial charge in [-0.3, -0.25) is 9.59 Å². The molecule has 8 nitrogen and oxygen atoms in total. The fraction of sp³-hybridized carbons (Fsp3) is 0.591. The molecule has 352 valence electrons. The first-order valence-electron chi connectivity index (χ1n) is 21.1. The number of aliphatic hydroxyl groups is 1. The molecule has 2 aliphatic carbocycles. The maximum Gasteiger partial charge on any atom is 0.412 e. The van der Waals surface area contributed by atoms with E-state index in [1.165, 1.54) is 25.3 Å². The van der Waals surface area contributed by atoms with E-state index in [0.717, 1.165) is 90.3 Å². The summed E-state index contributed by atoms with van der Waals surface area (Å²) >= 11 is 15.0. The van der Waals surface area contributed by atoms with Gasteiger partial charge in [0.15, 0.2) is 6.61 Å². The largest absolute Gasteiger partial charge is 0.509 e. The maximum absolute atomic E-state index is 13.3. The molecule has 2 unspecified atom stereocenters. The molecular weight excluding hydrogens is 928 g/mol. The second-order valence-electron chi connectivity index (χ2n) is 16.9. The number of aryl methyl sites for hydroxylation is 6. The number of benzene rings is 2. The van der Waals surface area contributed by atoms with Gasteiger partial charge in [-0.2, -0.15) is 26.3 Å². The summed E-state index contributed by atoms with van der Waals surface area (Å²) in [4.78, 5) is 25.9. The molecule has 2 aromatic rings. The predicted molar refractivity (Wildman–Crippen MR) is 246 cm³/mol. The summed E-state index contributed by atoms with van der Waals surface area (Å²) in [5, 5.41) is 17.1. The SMILES string of the molecule is CCc1cc(C)cc(C)c1C1=C(O)C2(CCCCC2)NC1=O.CCc1cc(C)cc(C)c1C1=C(OP(C)(=S)OCC(F)(F)F)C2(CCCCC2)NC1=O.CP(=S)(Cl)OCC(F)(F)F. The molecule has 0 radical (unpaired) electrons. The molecule has 0 saturated heterocycles. The summed E-state index contributed by atoms with van der Waals surface area (Å²) in [6, 6.07) is 8.25. The highest BCUT2D eigenvalue weighted by molar-refractivity contribution is 8.24. The van der Waals surface area contributed by atoms with Crippen molar-refractivity contribution < 1.29 is 54.6 Å². The van der Waals surface area contributed by atoms with Crippen LogP contribution >= 0.6 is 23.3 Å². The van der Waals surface area contributed by atoms with Gasteiger partial charge in [0.05, 0.1) is 22.2 Å².